The van der Waals surface area contributed by atoms with Gasteiger partial charge in [0.05, 0.1) is 38.0 Å². The molecular weight excluding hydrogens is 242 g/mol. The number of hydrogen-bond donors (Lipinski definition) is 1. The predicted molar refractivity (Wildman–Crippen MR) is 65.5 cm³/mol. The van der Waals surface area contributed by atoms with Gasteiger partial charge in [-0.2, -0.15) is 0 Å². The van der Waals surface area contributed by atoms with E-state index in [0.717, 1.165) is 5.56 Å². The fourth-order valence-electron chi connectivity index (χ4n) is 1.82. The Hall–Kier alpha value is -0.810. The Kier molecular flexibility index (Phi) is 4.23. The number of nitrogens with two attached hydrogens (primary N) is 1. The molecule has 2 N–H and O–H groups in total. The highest BCUT2D eigenvalue weighted by molar-refractivity contribution is 6.32. The predicted octanol–water partition coefficient (Wildman–Crippen LogP) is 1.76. The van der Waals surface area contributed by atoms with Crippen molar-refractivity contribution in [1.29, 1.82) is 0 Å². The van der Waals surface area contributed by atoms with Gasteiger partial charge in [-0.3, -0.25) is 0 Å². The van der Waals surface area contributed by atoms with Crippen LogP contribution in [-0.4, -0.2) is 33.0 Å². The molecule has 94 valence electrons. The molecule has 0 radical (unpaired) electrons. The molecule has 1 heterocycles. The van der Waals surface area contributed by atoms with Gasteiger partial charge in [-0.1, -0.05) is 17.7 Å². The van der Waals surface area contributed by atoms with Crippen LogP contribution in [-0.2, 0) is 9.47 Å². The highest BCUT2D eigenvalue weighted by Gasteiger charge is 2.23. The van der Waals surface area contributed by atoms with E-state index in [0.29, 0.717) is 30.6 Å². The third kappa shape index (κ3) is 2.90. The van der Waals surface area contributed by atoms with Crippen LogP contribution in [0.5, 0.6) is 5.75 Å². The number of methoxy groups -OCH3 is 1. The summed E-state index contributed by atoms with van der Waals surface area (Å²) >= 11 is 6.06. The van der Waals surface area contributed by atoms with Crippen molar-refractivity contribution in [3.05, 3.63) is 28.8 Å². The largest absolute Gasteiger partial charge is 0.495 e. The summed E-state index contributed by atoms with van der Waals surface area (Å²) in [7, 11) is 1.58. The highest BCUT2D eigenvalue weighted by Crippen LogP contribution is 2.28. The summed E-state index contributed by atoms with van der Waals surface area (Å²) in [5, 5.41) is 0.553. The summed E-state index contributed by atoms with van der Waals surface area (Å²) in [5.41, 5.74) is 7.05. The summed E-state index contributed by atoms with van der Waals surface area (Å²) in [5.74, 6) is 0.642. The highest BCUT2D eigenvalue weighted by atomic mass is 35.5. The molecule has 1 aliphatic heterocycles. The maximum absolute atomic E-state index is 6.13. The lowest BCUT2D eigenvalue weighted by Crippen LogP contribution is -2.37. The second kappa shape index (κ2) is 5.69. The topological polar surface area (TPSA) is 53.7 Å². The van der Waals surface area contributed by atoms with E-state index < -0.39 is 0 Å². The van der Waals surface area contributed by atoms with Crippen molar-refractivity contribution in [3.63, 3.8) is 0 Å². The smallest absolute Gasteiger partial charge is 0.137 e. The Morgan fingerprint density at radius 1 is 1.47 bits per heavy atom. The van der Waals surface area contributed by atoms with Crippen molar-refractivity contribution in [2.45, 2.75) is 12.1 Å². The van der Waals surface area contributed by atoms with Crippen molar-refractivity contribution >= 4 is 11.6 Å². The van der Waals surface area contributed by atoms with E-state index in [1.807, 2.05) is 12.1 Å². The van der Waals surface area contributed by atoms with E-state index in [1.165, 1.54) is 0 Å². The van der Waals surface area contributed by atoms with E-state index in [1.54, 1.807) is 13.2 Å². The van der Waals surface area contributed by atoms with Crippen LogP contribution in [0.15, 0.2) is 18.2 Å². The van der Waals surface area contributed by atoms with Gasteiger partial charge in [0.15, 0.2) is 0 Å². The molecule has 0 spiro atoms. The molecule has 1 aromatic carbocycles. The van der Waals surface area contributed by atoms with Crippen LogP contribution in [0.3, 0.4) is 0 Å². The molecule has 0 aliphatic carbocycles. The fraction of sp³-hybridized carbons (Fsp3) is 0.500. The van der Waals surface area contributed by atoms with Gasteiger partial charge in [-0.25, -0.2) is 0 Å². The van der Waals surface area contributed by atoms with E-state index in [9.17, 15) is 0 Å². The summed E-state index contributed by atoms with van der Waals surface area (Å²) in [6.45, 7) is 1.74. The van der Waals surface area contributed by atoms with Crippen molar-refractivity contribution < 1.29 is 14.2 Å². The van der Waals surface area contributed by atoms with Gasteiger partial charge in [0.1, 0.15) is 11.9 Å². The molecule has 2 unspecified atom stereocenters. The van der Waals surface area contributed by atoms with E-state index in [4.69, 9.17) is 31.5 Å². The minimum absolute atomic E-state index is 0.117. The quantitative estimate of drug-likeness (QED) is 0.897. The molecule has 1 aromatic rings. The van der Waals surface area contributed by atoms with E-state index >= 15 is 0 Å². The standard InChI is InChI=1S/C12H16ClNO3/c1-15-10-3-2-8(6-9(10)13)12(14)11-7-16-4-5-17-11/h2-3,6,11-12H,4-5,7,14H2,1H3. The Morgan fingerprint density at radius 3 is 2.88 bits per heavy atom. The van der Waals surface area contributed by atoms with Crippen molar-refractivity contribution in [1.82, 2.24) is 0 Å². The number of benzene rings is 1. The Morgan fingerprint density at radius 2 is 2.29 bits per heavy atom. The summed E-state index contributed by atoms with van der Waals surface area (Å²) < 4.78 is 16.0. The van der Waals surface area contributed by atoms with Gasteiger partial charge in [0, 0.05) is 0 Å². The van der Waals surface area contributed by atoms with Crippen LogP contribution < -0.4 is 10.5 Å². The molecule has 1 fully saturated rings. The van der Waals surface area contributed by atoms with Gasteiger partial charge in [-0.05, 0) is 17.7 Å². The van der Waals surface area contributed by atoms with Crippen molar-refractivity contribution in [3.8, 4) is 5.75 Å². The molecule has 2 rings (SSSR count). The SMILES string of the molecule is COc1ccc(C(N)C2COCCO2)cc1Cl. The minimum Gasteiger partial charge on any atom is -0.495 e. The lowest BCUT2D eigenvalue weighted by Gasteiger charge is -2.28. The molecule has 0 saturated carbocycles. The second-order valence-electron chi connectivity index (χ2n) is 3.90. The first-order chi connectivity index (χ1) is 8.22. The molecule has 1 aliphatic rings. The molecule has 1 saturated heterocycles. The molecule has 0 aromatic heterocycles. The Bertz CT molecular complexity index is 380. The number of hydrogen-bond acceptors (Lipinski definition) is 4. The Labute approximate surface area is 106 Å². The average Bonchev–Trinajstić information content (AvgIpc) is 2.39. The zero-order valence-electron chi connectivity index (χ0n) is 9.69. The lowest BCUT2D eigenvalue weighted by molar-refractivity contribution is -0.0975. The van der Waals surface area contributed by atoms with Gasteiger partial charge >= 0.3 is 0 Å². The zero-order chi connectivity index (χ0) is 12.3. The van der Waals surface area contributed by atoms with Gasteiger partial charge in [0.25, 0.3) is 0 Å². The zero-order valence-corrected chi connectivity index (χ0v) is 10.4. The van der Waals surface area contributed by atoms with Crippen molar-refractivity contribution in [2.75, 3.05) is 26.9 Å². The van der Waals surface area contributed by atoms with Crippen LogP contribution in [0, 0.1) is 0 Å². The van der Waals surface area contributed by atoms with Gasteiger partial charge < -0.3 is 19.9 Å². The average molecular weight is 258 g/mol. The molecule has 2 atom stereocenters. The molecule has 4 nitrogen and oxygen atoms in total. The second-order valence-corrected chi connectivity index (χ2v) is 4.31. The Balaban J connectivity index is 2.12. The van der Waals surface area contributed by atoms with Gasteiger partial charge in [0.2, 0.25) is 0 Å². The molecular formula is C12H16ClNO3. The third-order valence-electron chi connectivity index (χ3n) is 2.80. The van der Waals surface area contributed by atoms with Crippen LogP contribution in [0.2, 0.25) is 5.02 Å². The first-order valence-electron chi connectivity index (χ1n) is 5.50. The molecule has 0 bridgehead atoms. The van der Waals surface area contributed by atoms with E-state index in [-0.39, 0.29) is 12.1 Å². The van der Waals surface area contributed by atoms with Crippen LogP contribution >= 0.6 is 11.6 Å². The lowest BCUT2D eigenvalue weighted by atomic mass is 10.0. The van der Waals surface area contributed by atoms with Gasteiger partial charge in [-0.15, -0.1) is 0 Å². The monoisotopic (exact) mass is 257 g/mol. The number of ether oxygens (including phenoxy) is 3. The maximum Gasteiger partial charge on any atom is 0.137 e. The van der Waals surface area contributed by atoms with Crippen molar-refractivity contribution in [2.24, 2.45) is 5.73 Å². The molecule has 5 heteroatoms. The summed E-state index contributed by atoms with van der Waals surface area (Å²) in [6.07, 6.45) is -0.117. The fourth-order valence-corrected chi connectivity index (χ4v) is 2.08. The first-order valence-corrected chi connectivity index (χ1v) is 5.88. The van der Waals surface area contributed by atoms with Crippen LogP contribution in [0.4, 0.5) is 0 Å². The molecule has 17 heavy (non-hydrogen) atoms. The molecule has 0 amide bonds. The third-order valence-corrected chi connectivity index (χ3v) is 3.10. The summed E-state index contributed by atoms with van der Waals surface area (Å²) in [4.78, 5) is 0. The number of halogens is 1. The summed E-state index contributed by atoms with van der Waals surface area (Å²) in [6, 6.07) is 5.27. The number of rotatable bonds is 3. The van der Waals surface area contributed by atoms with Crippen LogP contribution in [0.25, 0.3) is 0 Å². The van der Waals surface area contributed by atoms with Crippen LogP contribution in [0.1, 0.15) is 11.6 Å². The van der Waals surface area contributed by atoms with E-state index in [2.05, 4.69) is 0 Å². The minimum atomic E-state index is -0.237. The maximum atomic E-state index is 6.13. The first kappa shape index (κ1) is 12.6. The normalized spacial score (nSPS) is 22.2.